The van der Waals surface area contributed by atoms with Crippen molar-refractivity contribution >= 4 is 5.84 Å². The third-order valence-electron chi connectivity index (χ3n) is 1.75. The van der Waals surface area contributed by atoms with Crippen LogP contribution in [0.15, 0.2) is 41.4 Å². The van der Waals surface area contributed by atoms with E-state index in [1.807, 2.05) is 0 Å². The number of hydrogen-bond acceptors (Lipinski definition) is 3. The number of nitrogens with zero attached hydrogens (tertiary/aromatic N) is 2. The van der Waals surface area contributed by atoms with Crippen molar-refractivity contribution < 1.29 is 13.2 Å². The van der Waals surface area contributed by atoms with Crippen molar-refractivity contribution in [3.05, 3.63) is 36.4 Å². The molecule has 0 aromatic rings. The zero-order valence-corrected chi connectivity index (χ0v) is 6.92. The molecule has 2 aliphatic heterocycles. The molecule has 0 atom stereocenters. The Morgan fingerprint density at radius 2 is 2.14 bits per heavy atom. The molecule has 0 aliphatic carbocycles. The summed E-state index contributed by atoms with van der Waals surface area (Å²) in [5.41, 5.74) is 0.340. The number of fused-ring (bicyclic) bond motifs is 1. The third kappa shape index (κ3) is 1.39. The Morgan fingerprint density at radius 3 is 2.86 bits per heavy atom. The van der Waals surface area contributed by atoms with Gasteiger partial charge in [-0.25, -0.2) is 9.89 Å². The predicted octanol–water partition coefficient (Wildman–Crippen LogP) is 1.69. The first-order valence-electron chi connectivity index (χ1n) is 3.83. The maximum Gasteiger partial charge on any atom is 0.490 e. The van der Waals surface area contributed by atoms with E-state index in [1.54, 1.807) is 0 Å². The molecule has 74 valence electrons. The highest BCUT2D eigenvalue weighted by molar-refractivity contribution is 6.00. The van der Waals surface area contributed by atoms with Crippen LogP contribution in [0, 0.1) is 0 Å². The van der Waals surface area contributed by atoms with Gasteiger partial charge in [0.05, 0.1) is 5.70 Å². The summed E-state index contributed by atoms with van der Waals surface area (Å²) in [5.74, 6) is -0.137. The lowest BCUT2D eigenvalue weighted by molar-refractivity contribution is -0.201. The lowest BCUT2D eigenvalue weighted by atomic mass is 10.2. The Hall–Kier alpha value is -1.72. The van der Waals surface area contributed by atoms with Crippen LogP contribution in [-0.2, 0) is 0 Å². The summed E-state index contributed by atoms with van der Waals surface area (Å²) in [6.07, 6.45) is 2.09. The summed E-state index contributed by atoms with van der Waals surface area (Å²) in [4.78, 5) is 3.82. The van der Waals surface area contributed by atoms with Crippen LogP contribution < -0.4 is 5.32 Å². The summed E-state index contributed by atoms with van der Waals surface area (Å²) in [6, 6.07) is 0. The molecular weight excluding hydrogens is 195 g/mol. The van der Waals surface area contributed by atoms with Crippen molar-refractivity contribution in [1.82, 2.24) is 10.2 Å². The van der Waals surface area contributed by atoms with E-state index in [0.717, 1.165) is 6.20 Å². The molecule has 6 heteroatoms. The molecule has 0 aromatic carbocycles. The van der Waals surface area contributed by atoms with E-state index in [2.05, 4.69) is 10.3 Å². The van der Waals surface area contributed by atoms with Gasteiger partial charge >= 0.3 is 6.30 Å². The van der Waals surface area contributed by atoms with E-state index in [4.69, 9.17) is 0 Å². The van der Waals surface area contributed by atoms with Crippen LogP contribution in [0.1, 0.15) is 0 Å². The van der Waals surface area contributed by atoms with Gasteiger partial charge in [-0.05, 0) is 12.2 Å². The SMILES string of the molecule is FC(F)(F)N1C=CC=C2NC=CN=C21. The quantitative estimate of drug-likeness (QED) is 0.604. The van der Waals surface area contributed by atoms with E-state index >= 15 is 0 Å². The monoisotopic (exact) mass is 201 g/mol. The number of nitrogens with one attached hydrogen (secondary N) is 1. The molecule has 2 heterocycles. The Morgan fingerprint density at radius 1 is 1.36 bits per heavy atom. The van der Waals surface area contributed by atoms with Gasteiger partial charge in [0, 0.05) is 18.6 Å². The fourth-order valence-electron chi connectivity index (χ4n) is 1.18. The molecule has 14 heavy (non-hydrogen) atoms. The minimum absolute atomic E-state index is 0.137. The van der Waals surface area contributed by atoms with Crippen molar-refractivity contribution in [3.63, 3.8) is 0 Å². The molecule has 0 bridgehead atoms. The van der Waals surface area contributed by atoms with E-state index in [0.29, 0.717) is 5.70 Å². The lowest BCUT2D eigenvalue weighted by Gasteiger charge is -2.28. The number of alkyl halides is 3. The molecule has 0 unspecified atom stereocenters. The van der Waals surface area contributed by atoms with E-state index in [-0.39, 0.29) is 10.7 Å². The molecule has 2 aliphatic rings. The summed E-state index contributed by atoms with van der Waals surface area (Å²) >= 11 is 0. The average molecular weight is 201 g/mol. The fourth-order valence-corrected chi connectivity index (χ4v) is 1.18. The van der Waals surface area contributed by atoms with E-state index in [9.17, 15) is 13.2 Å². The van der Waals surface area contributed by atoms with Gasteiger partial charge in [-0.1, -0.05) is 0 Å². The number of allylic oxidation sites excluding steroid dienone is 2. The Bertz CT molecular complexity index is 363. The smallest absolute Gasteiger partial charge is 0.357 e. The highest BCUT2D eigenvalue weighted by Gasteiger charge is 2.40. The molecule has 3 nitrogen and oxygen atoms in total. The largest absolute Gasteiger partial charge is 0.490 e. The zero-order chi connectivity index (χ0) is 10.2. The molecule has 1 N–H and O–H groups in total. The second kappa shape index (κ2) is 2.90. The second-order valence-corrected chi connectivity index (χ2v) is 2.67. The molecule has 2 rings (SSSR count). The number of rotatable bonds is 0. The van der Waals surface area contributed by atoms with Crippen molar-refractivity contribution in [1.29, 1.82) is 0 Å². The Kier molecular flexibility index (Phi) is 1.83. The second-order valence-electron chi connectivity index (χ2n) is 2.67. The van der Waals surface area contributed by atoms with Crippen molar-refractivity contribution in [3.8, 4) is 0 Å². The minimum atomic E-state index is -4.44. The van der Waals surface area contributed by atoms with Gasteiger partial charge in [0.2, 0.25) is 0 Å². The Labute approximate surface area is 77.9 Å². The number of aliphatic imine (C=N–C) groups is 1. The van der Waals surface area contributed by atoms with Crippen molar-refractivity contribution in [2.45, 2.75) is 6.30 Å². The molecule has 0 radical (unpaired) electrons. The maximum atomic E-state index is 12.4. The molecule has 0 saturated carbocycles. The molecule has 0 saturated heterocycles. The number of hydrogen-bond donors (Lipinski definition) is 1. The summed E-state index contributed by atoms with van der Waals surface area (Å²) in [6.45, 7) is 0. The average Bonchev–Trinajstić information content (AvgIpc) is 2.15. The molecule has 0 amide bonds. The topological polar surface area (TPSA) is 27.6 Å². The normalized spacial score (nSPS) is 19.8. The van der Waals surface area contributed by atoms with Gasteiger partial charge in [-0.3, -0.25) is 0 Å². The molecule has 0 fully saturated rings. The first-order chi connectivity index (χ1) is 6.59. The number of amidine groups is 1. The molecular formula is C8H6F3N3. The van der Waals surface area contributed by atoms with Gasteiger partial charge in [0.1, 0.15) is 0 Å². The van der Waals surface area contributed by atoms with Crippen molar-refractivity contribution in [2.24, 2.45) is 4.99 Å². The first-order valence-corrected chi connectivity index (χ1v) is 3.83. The van der Waals surface area contributed by atoms with Crippen LogP contribution in [-0.4, -0.2) is 17.0 Å². The van der Waals surface area contributed by atoms with E-state index in [1.165, 1.54) is 24.6 Å². The standard InChI is InChI=1S/C8H6F3N3/c9-8(10,11)14-5-1-2-6-7(14)13-4-3-12-6/h1-5,12H. The minimum Gasteiger partial charge on any atom is -0.357 e. The third-order valence-corrected chi connectivity index (χ3v) is 1.75. The van der Waals surface area contributed by atoms with Crippen LogP contribution in [0.3, 0.4) is 0 Å². The van der Waals surface area contributed by atoms with Gasteiger partial charge in [-0.15, -0.1) is 13.2 Å². The number of halogens is 3. The summed E-state index contributed by atoms with van der Waals surface area (Å²) < 4.78 is 37.3. The van der Waals surface area contributed by atoms with Crippen molar-refractivity contribution in [2.75, 3.05) is 0 Å². The van der Waals surface area contributed by atoms with Crippen LogP contribution in [0.25, 0.3) is 0 Å². The van der Waals surface area contributed by atoms with Gasteiger partial charge in [-0.2, -0.15) is 0 Å². The van der Waals surface area contributed by atoms with Gasteiger partial charge in [0.15, 0.2) is 5.84 Å². The Balaban J connectivity index is 2.38. The highest BCUT2D eigenvalue weighted by Crippen LogP contribution is 2.26. The fraction of sp³-hybridized carbons (Fsp3) is 0.125. The van der Waals surface area contributed by atoms with Crippen LogP contribution >= 0.6 is 0 Å². The van der Waals surface area contributed by atoms with E-state index < -0.39 is 6.30 Å². The van der Waals surface area contributed by atoms with Gasteiger partial charge in [0.25, 0.3) is 0 Å². The first kappa shape index (κ1) is 8.86. The van der Waals surface area contributed by atoms with Crippen LogP contribution in [0.2, 0.25) is 0 Å². The zero-order valence-electron chi connectivity index (χ0n) is 6.92. The lowest BCUT2D eigenvalue weighted by Crippen LogP contribution is -2.43. The highest BCUT2D eigenvalue weighted by atomic mass is 19.4. The van der Waals surface area contributed by atoms with Gasteiger partial charge < -0.3 is 5.32 Å². The molecule has 0 aromatic heterocycles. The summed E-state index contributed by atoms with van der Waals surface area (Å²) in [5, 5.41) is 2.68. The maximum absolute atomic E-state index is 12.4. The van der Waals surface area contributed by atoms with Crippen LogP contribution in [0.5, 0.6) is 0 Å². The van der Waals surface area contributed by atoms with Crippen LogP contribution in [0.4, 0.5) is 13.2 Å². The molecule has 0 spiro atoms. The summed E-state index contributed by atoms with van der Waals surface area (Å²) in [7, 11) is 0. The predicted molar refractivity (Wildman–Crippen MR) is 44.8 cm³/mol.